The third kappa shape index (κ3) is 8.85. The van der Waals surface area contributed by atoms with E-state index in [2.05, 4.69) is 30.6 Å². The molecule has 8 nitrogen and oxygen atoms in total. The van der Waals surface area contributed by atoms with Gasteiger partial charge in [-0.25, -0.2) is 0 Å². The summed E-state index contributed by atoms with van der Waals surface area (Å²) in [6.45, 7) is 12.0. The van der Waals surface area contributed by atoms with Crippen molar-refractivity contribution in [2.45, 2.75) is 67.2 Å². The Morgan fingerprint density at radius 3 is 2.04 bits per heavy atom. The first-order chi connectivity index (χ1) is 12.8. The third-order valence-corrected chi connectivity index (χ3v) is 3.99. The minimum Gasteiger partial charge on any atom is -0.300 e. The van der Waals surface area contributed by atoms with Crippen molar-refractivity contribution < 1.29 is 4.79 Å². The monoisotopic (exact) mass is 390 g/mol. The van der Waals surface area contributed by atoms with Gasteiger partial charge in [-0.15, -0.1) is 15.3 Å². The molecule has 0 aliphatic carbocycles. The number of thioether (sulfide) groups is 1. The van der Waals surface area contributed by atoms with Crippen LogP contribution in [0.2, 0.25) is 0 Å². The van der Waals surface area contributed by atoms with Gasteiger partial charge in [0, 0.05) is 30.1 Å². The molecule has 0 amide bonds. The maximum absolute atomic E-state index is 10.4. The number of rotatable bonds is 9. The molecule has 0 N–H and O–H groups in total. The van der Waals surface area contributed by atoms with Crippen LogP contribution in [-0.2, 0) is 4.79 Å². The second-order valence-corrected chi connectivity index (χ2v) is 7.52. The Kier molecular flexibility index (Phi) is 10.4. The van der Waals surface area contributed by atoms with E-state index in [-0.39, 0.29) is 0 Å². The molecule has 1 radical (unpaired) electrons. The van der Waals surface area contributed by atoms with Crippen LogP contribution in [0.3, 0.4) is 0 Å². The van der Waals surface area contributed by atoms with Crippen LogP contribution in [0, 0.1) is 0 Å². The Balaban J connectivity index is 3.20. The lowest BCUT2D eigenvalue weighted by Crippen LogP contribution is -2.32. The zero-order valence-electron chi connectivity index (χ0n) is 17.0. The van der Waals surface area contributed by atoms with Crippen molar-refractivity contribution in [2.24, 2.45) is 30.6 Å². The van der Waals surface area contributed by atoms with Crippen LogP contribution in [0.5, 0.6) is 0 Å². The van der Waals surface area contributed by atoms with Crippen LogP contribution < -0.4 is 0 Å². The lowest BCUT2D eigenvalue weighted by atomic mass is 10.2. The summed E-state index contributed by atoms with van der Waals surface area (Å²) in [6.07, 6.45) is 5.02. The van der Waals surface area contributed by atoms with Crippen LogP contribution >= 0.6 is 11.8 Å². The molecular weight excluding hydrogens is 362 g/mol. The lowest BCUT2D eigenvalue weighted by Gasteiger charge is -2.16. The zero-order chi connectivity index (χ0) is 20.2. The summed E-state index contributed by atoms with van der Waals surface area (Å²) in [5.41, 5.74) is 2.55. The Hall–Kier alpha value is -2.16. The molecule has 147 valence electrons. The quantitative estimate of drug-likeness (QED) is 0.338. The summed E-state index contributed by atoms with van der Waals surface area (Å²) in [5.74, 6) is 0.621. The average molecular weight is 391 g/mol. The lowest BCUT2D eigenvalue weighted by molar-refractivity contribution is 0.533. The Labute approximate surface area is 165 Å². The Morgan fingerprint density at radius 1 is 0.852 bits per heavy atom. The van der Waals surface area contributed by atoms with Crippen LogP contribution in [0.1, 0.15) is 67.2 Å². The van der Waals surface area contributed by atoms with Crippen molar-refractivity contribution in [1.29, 1.82) is 0 Å². The molecule has 27 heavy (non-hydrogen) atoms. The summed E-state index contributed by atoms with van der Waals surface area (Å²) >= 11 is 1.38. The SMILES string of the molecule is CC(C)=N/N=C1\S/C(=N/N=C(C)C)N(CCCCC[C]=O)\C1=N\N=C(C)C. The molecule has 0 spiro atoms. The fourth-order valence-corrected chi connectivity index (χ4v) is 2.78. The van der Waals surface area contributed by atoms with E-state index in [1.165, 1.54) is 11.8 Å². The first-order valence-corrected chi connectivity index (χ1v) is 9.74. The minimum atomic E-state index is 0.465. The molecule has 0 unspecified atom stereocenters. The van der Waals surface area contributed by atoms with E-state index in [0.29, 0.717) is 29.0 Å². The number of nitrogens with zero attached hydrogens (tertiary/aromatic N) is 7. The van der Waals surface area contributed by atoms with E-state index >= 15 is 0 Å². The minimum absolute atomic E-state index is 0.465. The van der Waals surface area contributed by atoms with Crippen LogP contribution in [-0.4, -0.2) is 50.9 Å². The van der Waals surface area contributed by atoms with Crippen LogP contribution in [0.15, 0.2) is 30.6 Å². The topological polar surface area (TPSA) is 94.5 Å². The van der Waals surface area contributed by atoms with Gasteiger partial charge in [0.2, 0.25) is 0 Å². The highest BCUT2D eigenvalue weighted by Crippen LogP contribution is 2.25. The van der Waals surface area contributed by atoms with Crippen LogP contribution in [0.25, 0.3) is 0 Å². The highest BCUT2D eigenvalue weighted by atomic mass is 32.2. The van der Waals surface area contributed by atoms with Gasteiger partial charge in [0.1, 0.15) is 0 Å². The van der Waals surface area contributed by atoms with Crippen molar-refractivity contribution in [2.75, 3.05) is 6.54 Å². The van der Waals surface area contributed by atoms with E-state index in [1.807, 2.05) is 52.7 Å². The van der Waals surface area contributed by atoms with E-state index in [4.69, 9.17) is 0 Å². The average Bonchev–Trinajstić information content (AvgIpc) is 2.92. The molecule has 0 atom stereocenters. The molecule has 1 rings (SSSR count). The number of hydrogen-bond acceptors (Lipinski definition) is 8. The zero-order valence-corrected chi connectivity index (χ0v) is 17.8. The predicted octanol–water partition coefficient (Wildman–Crippen LogP) is 4.05. The van der Waals surface area contributed by atoms with Gasteiger partial charge in [-0.2, -0.15) is 15.3 Å². The standard InChI is InChI=1S/C18H28N7OS/c1-13(2)19-22-16-17(23-20-14(3)4)27-18(24-21-15(5)6)25(16)11-9-7-8-10-12-26/h7-11H2,1-6H3/b22-16+,23-17-,24-18+. The molecule has 1 aliphatic rings. The van der Waals surface area contributed by atoms with Gasteiger partial charge < -0.3 is 0 Å². The molecule has 9 heteroatoms. The van der Waals surface area contributed by atoms with Crippen molar-refractivity contribution in [3.8, 4) is 0 Å². The van der Waals surface area contributed by atoms with E-state index in [1.54, 1.807) is 0 Å². The predicted molar refractivity (Wildman–Crippen MR) is 117 cm³/mol. The fourth-order valence-electron chi connectivity index (χ4n) is 1.91. The Bertz CT molecular complexity index is 692. The van der Waals surface area contributed by atoms with E-state index in [0.717, 1.165) is 36.4 Å². The third-order valence-electron chi connectivity index (χ3n) is 3.05. The molecular formula is C18H28N7OS. The highest BCUT2D eigenvalue weighted by molar-refractivity contribution is 8.29. The van der Waals surface area contributed by atoms with Crippen molar-refractivity contribution >= 4 is 51.2 Å². The maximum atomic E-state index is 10.4. The number of carbonyl (C=O) groups excluding carboxylic acids is 1. The molecule has 0 aromatic rings. The summed E-state index contributed by atoms with van der Waals surface area (Å²) in [7, 11) is 0. The molecule has 0 saturated carbocycles. The van der Waals surface area contributed by atoms with E-state index < -0.39 is 0 Å². The summed E-state index contributed by atoms with van der Waals surface area (Å²) < 4.78 is 0. The van der Waals surface area contributed by atoms with Crippen molar-refractivity contribution in [3.63, 3.8) is 0 Å². The summed E-state index contributed by atoms with van der Waals surface area (Å²) in [4.78, 5) is 12.3. The smallest absolute Gasteiger partial charge is 0.198 e. The number of hydrogen-bond donors (Lipinski definition) is 0. The van der Waals surface area contributed by atoms with Gasteiger partial charge in [-0.1, -0.05) is 6.42 Å². The first-order valence-electron chi connectivity index (χ1n) is 8.92. The summed E-state index contributed by atoms with van der Waals surface area (Å²) in [5, 5.41) is 26.9. The van der Waals surface area contributed by atoms with Gasteiger partial charge in [0.15, 0.2) is 22.3 Å². The van der Waals surface area contributed by atoms with Gasteiger partial charge in [0.05, 0.1) is 0 Å². The van der Waals surface area contributed by atoms with E-state index in [9.17, 15) is 4.79 Å². The number of unbranched alkanes of at least 4 members (excludes halogenated alkanes) is 3. The maximum Gasteiger partial charge on any atom is 0.198 e. The van der Waals surface area contributed by atoms with Gasteiger partial charge in [-0.3, -0.25) is 9.69 Å². The van der Waals surface area contributed by atoms with Gasteiger partial charge >= 0.3 is 0 Å². The van der Waals surface area contributed by atoms with Gasteiger partial charge in [0.25, 0.3) is 0 Å². The fraction of sp³-hybridized carbons (Fsp3) is 0.611. The normalized spacial score (nSPS) is 18.1. The molecule has 0 aromatic carbocycles. The molecule has 1 heterocycles. The second kappa shape index (κ2) is 12.3. The first kappa shape index (κ1) is 22.9. The largest absolute Gasteiger partial charge is 0.300 e. The molecule has 1 fully saturated rings. The summed E-state index contributed by atoms with van der Waals surface area (Å²) in [6, 6.07) is 0. The number of amidine groups is 2. The van der Waals surface area contributed by atoms with Gasteiger partial charge in [-0.05, 0) is 66.1 Å². The second-order valence-electron chi connectivity index (χ2n) is 6.56. The molecule has 1 aliphatic heterocycles. The van der Waals surface area contributed by atoms with Crippen LogP contribution in [0.4, 0.5) is 0 Å². The molecule has 0 bridgehead atoms. The molecule has 0 aromatic heterocycles. The van der Waals surface area contributed by atoms with Crippen molar-refractivity contribution in [3.05, 3.63) is 0 Å². The highest BCUT2D eigenvalue weighted by Gasteiger charge is 2.33. The molecule has 1 saturated heterocycles. The van der Waals surface area contributed by atoms with Crippen molar-refractivity contribution in [1.82, 2.24) is 4.90 Å². The Morgan fingerprint density at radius 2 is 1.44 bits per heavy atom.